The number of imidazole rings is 1. The third kappa shape index (κ3) is 5.15. The van der Waals surface area contributed by atoms with Crippen LogP contribution in [0.2, 0.25) is 0 Å². The van der Waals surface area contributed by atoms with Gasteiger partial charge in [0.05, 0.1) is 21.7 Å². The van der Waals surface area contributed by atoms with Crippen molar-refractivity contribution in [1.29, 1.82) is 0 Å². The molecule has 0 atom stereocenters. The van der Waals surface area contributed by atoms with E-state index in [4.69, 9.17) is 4.98 Å². The first-order chi connectivity index (χ1) is 15.4. The molecule has 4 rings (SSSR count). The molecule has 1 aliphatic heterocycles. The second kappa shape index (κ2) is 10.1. The second-order valence-electron chi connectivity index (χ2n) is 9.07. The predicted molar refractivity (Wildman–Crippen MR) is 128 cm³/mol. The van der Waals surface area contributed by atoms with Crippen LogP contribution in [-0.2, 0) is 21.4 Å². The number of piperidine rings is 1. The number of fused-ring (bicyclic) bond motifs is 1. The molecule has 1 amide bonds. The number of carbonyl (C=O) groups is 1. The molecule has 2 heterocycles. The van der Waals surface area contributed by atoms with Crippen molar-refractivity contribution in [1.82, 2.24) is 19.2 Å². The van der Waals surface area contributed by atoms with Crippen molar-refractivity contribution in [3.05, 3.63) is 18.2 Å². The molecule has 1 saturated carbocycles. The van der Waals surface area contributed by atoms with Crippen molar-refractivity contribution in [3.8, 4) is 0 Å². The van der Waals surface area contributed by atoms with Crippen LogP contribution in [0.5, 0.6) is 0 Å². The smallest absolute Gasteiger partial charge is 0.243 e. The number of rotatable bonds is 7. The molecule has 1 aromatic heterocycles. The summed E-state index contributed by atoms with van der Waals surface area (Å²) in [5.41, 5.74) is 1.56. The first-order valence-electron chi connectivity index (χ1n) is 11.8. The highest BCUT2D eigenvalue weighted by atomic mass is 32.2. The molecule has 9 heteroatoms. The van der Waals surface area contributed by atoms with E-state index in [9.17, 15) is 13.2 Å². The van der Waals surface area contributed by atoms with E-state index in [0.29, 0.717) is 35.8 Å². The van der Waals surface area contributed by atoms with Gasteiger partial charge in [-0.05, 0) is 69.6 Å². The van der Waals surface area contributed by atoms with Gasteiger partial charge in [0.15, 0.2) is 5.16 Å². The quantitative estimate of drug-likeness (QED) is 0.608. The van der Waals surface area contributed by atoms with E-state index in [0.717, 1.165) is 48.7 Å². The van der Waals surface area contributed by atoms with Gasteiger partial charge in [-0.15, -0.1) is 0 Å². The standard InChI is InChI=1S/C23H34N4O3S2/c1-3-27-21-12-11-19(32(29,30)26-13-5-4-6-14-26)15-20(21)25-23(27)31-16-22(28)24-18-9-7-17(2)8-10-18/h11-12,15,17-18H,3-10,13-14,16H2,1-2H3,(H,24,28). The van der Waals surface area contributed by atoms with Crippen molar-refractivity contribution in [3.63, 3.8) is 0 Å². The summed E-state index contributed by atoms with van der Waals surface area (Å²) in [7, 11) is -3.50. The minimum Gasteiger partial charge on any atom is -0.353 e. The summed E-state index contributed by atoms with van der Waals surface area (Å²) in [6, 6.07) is 5.49. The van der Waals surface area contributed by atoms with Crippen LogP contribution >= 0.6 is 11.8 Å². The second-order valence-corrected chi connectivity index (χ2v) is 11.9. The zero-order valence-corrected chi connectivity index (χ0v) is 20.7. The SMILES string of the molecule is CCn1c(SCC(=O)NC2CCC(C)CC2)nc2cc(S(=O)(=O)N3CCCCC3)ccc21. The van der Waals surface area contributed by atoms with Crippen LogP contribution in [0.25, 0.3) is 11.0 Å². The highest BCUT2D eigenvalue weighted by molar-refractivity contribution is 7.99. The Hall–Kier alpha value is -1.58. The average Bonchev–Trinajstić information content (AvgIpc) is 3.16. The Morgan fingerprint density at radius 2 is 1.88 bits per heavy atom. The third-order valence-corrected chi connectivity index (χ3v) is 9.54. The van der Waals surface area contributed by atoms with Gasteiger partial charge < -0.3 is 9.88 Å². The molecular weight excluding hydrogens is 444 g/mol. The number of aryl methyl sites for hydroxylation is 1. The molecule has 176 valence electrons. The Balaban J connectivity index is 1.47. The molecule has 0 spiro atoms. The number of aromatic nitrogens is 2. The third-order valence-electron chi connectivity index (χ3n) is 6.67. The zero-order chi connectivity index (χ0) is 22.7. The molecule has 0 radical (unpaired) electrons. The average molecular weight is 479 g/mol. The summed E-state index contributed by atoms with van der Waals surface area (Å²) in [6.07, 6.45) is 7.36. The number of thioether (sulfide) groups is 1. The van der Waals surface area contributed by atoms with Crippen LogP contribution in [0.3, 0.4) is 0 Å². The Kier molecular flexibility index (Phi) is 7.47. The van der Waals surface area contributed by atoms with Crippen molar-refractivity contribution in [2.45, 2.75) is 81.4 Å². The predicted octanol–water partition coefficient (Wildman–Crippen LogP) is 4.02. The molecule has 0 unspecified atom stereocenters. The highest BCUT2D eigenvalue weighted by Crippen LogP contribution is 2.28. The van der Waals surface area contributed by atoms with Gasteiger partial charge in [0.25, 0.3) is 0 Å². The first kappa shape index (κ1) is 23.6. The Bertz CT molecular complexity index is 1050. The van der Waals surface area contributed by atoms with Crippen molar-refractivity contribution < 1.29 is 13.2 Å². The first-order valence-corrected chi connectivity index (χ1v) is 14.2. The summed E-state index contributed by atoms with van der Waals surface area (Å²) in [6.45, 7) is 6.18. The molecule has 2 fully saturated rings. The van der Waals surface area contributed by atoms with E-state index in [1.807, 2.05) is 17.6 Å². The molecule has 1 aliphatic carbocycles. The van der Waals surface area contributed by atoms with Crippen LogP contribution in [-0.4, -0.2) is 53.1 Å². The fourth-order valence-electron chi connectivity index (χ4n) is 4.72. The topological polar surface area (TPSA) is 84.3 Å². The Morgan fingerprint density at radius 1 is 1.16 bits per heavy atom. The lowest BCUT2D eigenvalue weighted by Gasteiger charge is -2.26. The summed E-state index contributed by atoms with van der Waals surface area (Å²) in [4.78, 5) is 17.5. The van der Waals surface area contributed by atoms with E-state index < -0.39 is 10.0 Å². The number of nitrogens with zero attached hydrogens (tertiary/aromatic N) is 3. The van der Waals surface area contributed by atoms with Gasteiger partial charge in [0, 0.05) is 25.7 Å². The van der Waals surface area contributed by atoms with Gasteiger partial charge in [-0.25, -0.2) is 13.4 Å². The van der Waals surface area contributed by atoms with Crippen molar-refractivity contribution in [2.24, 2.45) is 5.92 Å². The van der Waals surface area contributed by atoms with Gasteiger partial charge in [-0.1, -0.05) is 25.1 Å². The van der Waals surface area contributed by atoms with Crippen molar-refractivity contribution in [2.75, 3.05) is 18.8 Å². The molecule has 1 N–H and O–H groups in total. The van der Waals surface area contributed by atoms with Crippen LogP contribution in [0.1, 0.15) is 58.8 Å². The molecule has 7 nitrogen and oxygen atoms in total. The number of nitrogens with one attached hydrogen (secondary N) is 1. The van der Waals surface area contributed by atoms with Gasteiger partial charge in [0.2, 0.25) is 15.9 Å². The number of hydrogen-bond acceptors (Lipinski definition) is 5. The molecule has 32 heavy (non-hydrogen) atoms. The van der Waals surface area contributed by atoms with Crippen LogP contribution in [0.4, 0.5) is 0 Å². The fourth-order valence-corrected chi connectivity index (χ4v) is 7.15. The Morgan fingerprint density at radius 3 is 2.56 bits per heavy atom. The van der Waals surface area contributed by atoms with Crippen LogP contribution < -0.4 is 5.32 Å². The van der Waals surface area contributed by atoms with Crippen LogP contribution in [0, 0.1) is 5.92 Å². The van der Waals surface area contributed by atoms with E-state index in [1.54, 1.807) is 16.4 Å². The van der Waals surface area contributed by atoms with E-state index >= 15 is 0 Å². The summed E-state index contributed by atoms with van der Waals surface area (Å²) >= 11 is 1.42. The maximum absolute atomic E-state index is 13.0. The molecule has 1 saturated heterocycles. The van der Waals surface area contributed by atoms with E-state index in [2.05, 4.69) is 12.2 Å². The lowest BCUT2D eigenvalue weighted by molar-refractivity contribution is -0.119. The number of hydrogen-bond donors (Lipinski definition) is 1. The van der Waals surface area contributed by atoms with Crippen molar-refractivity contribution >= 4 is 38.7 Å². The largest absolute Gasteiger partial charge is 0.353 e. The van der Waals surface area contributed by atoms with Gasteiger partial charge >= 0.3 is 0 Å². The monoisotopic (exact) mass is 478 g/mol. The maximum Gasteiger partial charge on any atom is 0.243 e. The molecule has 1 aromatic carbocycles. The normalized spacial score (nSPS) is 22.8. The molecule has 2 aromatic rings. The summed E-state index contributed by atoms with van der Waals surface area (Å²) < 4.78 is 29.7. The molecule has 0 bridgehead atoms. The van der Waals surface area contributed by atoms with E-state index in [-0.39, 0.29) is 11.9 Å². The molecule has 2 aliphatic rings. The number of benzene rings is 1. The number of carbonyl (C=O) groups excluding carboxylic acids is 1. The van der Waals surface area contributed by atoms with Crippen LogP contribution in [0.15, 0.2) is 28.3 Å². The summed E-state index contributed by atoms with van der Waals surface area (Å²) in [5, 5.41) is 3.92. The minimum absolute atomic E-state index is 0.0395. The van der Waals surface area contributed by atoms with Gasteiger partial charge in [0.1, 0.15) is 0 Å². The summed E-state index contributed by atoms with van der Waals surface area (Å²) in [5.74, 6) is 1.11. The fraction of sp³-hybridized carbons (Fsp3) is 0.652. The number of sulfonamides is 1. The number of amides is 1. The van der Waals surface area contributed by atoms with Gasteiger partial charge in [-0.2, -0.15) is 4.31 Å². The lowest BCUT2D eigenvalue weighted by atomic mass is 9.87. The zero-order valence-electron chi connectivity index (χ0n) is 19.0. The van der Waals surface area contributed by atoms with E-state index in [1.165, 1.54) is 24.6 Å². The maximum atomic E-state index is 13.0. The lowest BCUT2D eigenvalue weighted by Crippen LogP contribution is -2.38. The Labute approximate surface area is 195 Å². The van der Waals surface area contributed by atoms with Gasteiger partial charge in [-0.3, -0.25) is 4.79 Å². The minimum atomic E-state index is -3.50. The highest BCUT2D eigenvalue weighted by Gasteiger charge is 2.27. The molecular formula is C23H34N4O3S2.